The molecule has 7 nitrogen and oxygen atoms in total. The third-order valence-corrected chi connectivity index (χ3v) is 5.75. The number of amidine groups is 1. The zero-order valence-electron chi connectivity index (χ0n) is 15.5. The van der Waals surface area contributed by atoms with Gasteiger partial charge in [0, 0.05) is 21.3 Å². The highest BCUT2D eigenvalue weighted by Gasteiger charge is 2.43. The van der Waals surface area contributed by atoms with Crippen molar-refractivity contribution in [3.63, 3.8) is 0 Å². The summed E-state index contributed by atoms with van der Waals surface area (Å²) >= 11 is 4.93. The van der Waals surface area contributed by atoms with Crippen LogP contribution in [-0.4, -0.2) is 36.6 Å². The first-order valence-corrected chi connectivity index (χ1v) is 10.6. The van der Waals surface area contributed by atoms with Crippen LogP contribution in [0.25, 0.3) is 0 Å². The molecule has 0 fully saturated rings. The lowest BCUT2D eigenvalue weighted by Gasteiger charge is -2.44. The third kappa shape index (κ3) is 3.08. The molecule has 146 valence electrons. The number of methoxy groups -OCH3 is 2. The highest BCUT2D eigenvalue weighted by Crippen LogP contribution is 2.47. The Morgan fingerprint density at radius 2 is 1.96 bits per heavy atom. The molecular formula is C19H19BrN4O3S. The maximum absolute atomic E-state index is 12.9. The predicted molar refractivity (Wildman–Crippen MR) is 114 cm³/mol. The number of thioether (sulfide) groups is 1. The van der Waals surface area contributed by atoms with Gasteiger partial charge in [-0.2, -0.15) is 0 Å². The smallest absolute Gasteiger partial charge is 0.255 e. The molecule has 0 aliphatic carbocycles. The van der Waals surface area contributed by atoms with E-state index < -0.39 is 12.2 Å². The number of rotatable bonds is 3. The minimum atomic E-state index is -0.548. The fourth-order valence-electron chi connectivity index (χ4n) is 3.53. The zero-order valence-corrected chi connectivity index (χ0v) is 17.9. The summed E-state index contributed by atoms with van der Waals surface area (Å²) in [5, 5.41) is 13.4. The molecule has 2 aromatic rings. The number of fused-ring (bicyclic) bond motifs is 3. The van der Waals surface area contributed by atoms with Crippen LogP contribution in [0.2, 0.25) is 0 Å². The molecular weight excluding hydrogens is 444 g/mol. The summed E-state index contributed by atoms with van der Waals surface area (Å²) in [5.41, 5.74) is 2.57. The summed E-state index contributed by atoms with van der Waals surface area (Å²) in [6.07, 6.45) is 1.46. The maximum Gasteiger partial charge on any atom is 0.255 e. The Labute approximate surface area is 175 Å². The lowest BCUT2D eigenvalue weighted by Crippen LogP contribution is -2.50. The molecule has 28 heavy (non-hydrogen) atoms. The largest absolute Gasteiger partial charge is 0.493 e. The van der Waals surface area contributed by atoms with Gasteiger partial charge < -0.3 is 20.1 Å². The monoisotopic (exact) mass is 462 g/mol. The number of hydrazone groups is 1. The molecule has 2 aromatic carbocycles. The predicted octanol–water partition coefficient (Wildman–Crippen LogP) is 3.70. The van der Waals surface area contributed by atoms with E-state index in [1.165, 1.54) is 11.8 Å². The summed E-state index contributed by atoms with van der Waals surface area (Å²) in [6.45, 7) is 0. The summed E-state index contributed by atoms with van der Waals surface area (Å²) in [7, 11) is 3.20. The number of para-hydroxylation sites is 1. The summed E-state index contributed by atoms with van der Waals surface area (Å²) in [6, 6.07) is 11.0. The molecule has 2 aliphatic rings. The Morgan fingerprint density at radius 3 is 2.68 bits per heavy atom. The second-order valence-corrected chi connectivity index (χ2v) is 7.96. The number of anilines is 1. The summed E-state index contributed by atoms with van der Waals surface area (Å²) < 4.78 is 12.0. The van der Waals surface area contributed by atoms with Crippen molar-refractivity contribution in [2.24, 2.45) is 5.10 Å². The number of nitrogens with one attached hydrogen (secondary N) is 2. The molecule has 2 N–H and O–H groups in total. The number of benzene rings is 2. The van der Waals surface area contributed by atoms with Crippen molar-refractivity contribution >= 4 is 44.5 Å². The molecule has 0 aromatic heterocycles. The first-order chi connectivity index (χ1) is 13.6. The SMILES string of the molecule is COc1cc(Br)cc([C@@H]2Nc3ccccc3[C@H]3C(=O)NC(SC)=NN32)c1OC. The molecule has 0 bridgehead atoms. The molecule has 0 spiro atoms. The lowest BCUT2D eigenvalue weighted by atomic mass is 9.97. The Balaban J connectivity index is 1.92. The standard InChI is InChI=1S/C19H19BrN4O3S/c1-26-14-9-10(20)8-12(16(14)27-2)17-21-13-7-5-4-6-11(13)15-18(25)22-19(28-3)23-24(15)17/h4-9,15,17,21H,1-3H3,(H,22,23,25)/t15-,17+/m0/s1. The second-order valence-electron chi connectivity index (χ2n) is 6.25. The van der Waals surface area contributed by atoms with Gasteiger partial charge >= 0.3 is 0 Å². The fourth-order valence-corrected chi connectivity index (χ4v) is 4.36. The van der Waals surface area contributed by atoms with Gasteiger partial charge in [-0.3, -0.25) is 9.80 Å². The molecule has 0 saturated carbocycles. The van der Waals surface area contributed by atoms with Crippen LogP contribution in [0.15, 0.2) is 46.0 Å². The summed E-state index contributed by atoms with van der Waals surface area (Å²) in [4.78, 5) is 12.9. The second kappa shape index (κ2) is 7.56. The normalized spacial score (nSPS) is 20.4. The average molecular weight is 463 g/mol. The molecule has 0 unspecified atom stereocenters. The van der Waals surface area contributed by atoms with E-state index in [9.17, 15) is 4.79 Å². The van der Waals surface area contributed by atoms with E-state index in [-0.39, 0.29) is 5.91 Å². The lowest BCUT2D eigenvalue weighted by molar-refractivity contribution is -0.127. The number of hydrogen-bond donors (Lipinski definition) is 2. The molecule has 1 amide bonds. The minimum Gasteiger partial charge on any atom is -0.493 e. The van der Waals surface area contributed by atoms with Gasteiger partial charge in [0.1, 0.15) is 6.17 Å². The van der Waals surface area contributed by atoms with Crippen molar-refractivity contribution in [3.05, 3.63) is 52.0 Å². The number of ether oxygens (including phenoxy) is 2. The van der Waals surface area contributed by atoms with Crippen LogP contribution in [0.1, 0.15) is 23.3 Å². The fraction of sp³-hybridized carbons (Fsp3) is 0.263. The highest BCUT2D eigenvalue weighted by atomic mass is 79.9. The van der Waals surface area contributed by atoms with Crippen LogP contribution in [-0.2, 0) is 4.79 Å². The Morgan fingerprint density at radius 1 is 1.18 bits per heavy atom. The molecule has 4 rings (SSSR count). The van der Waals surface area contributed by atoms with Gasteiger partial charge in [-0.05, 0) is 24.5 Å². The first-order valence-electron chi connectivity index (χ1n) is 8.56. The van der Waals surface area contributed by atoms with E-state index in [1.807, 2.05) is 42.7 Å². The van der Waals surface area contributed by atoms with Gasteiger partial charge in [-0.15, -0.1) is 5.10 Å². The highest BCUT2D eigenvalue weighted by molar-refractivity contribution is 9.10. The van der Waals surface area contributed by atoms with Crippen LogP contribution in [0.3, 0.4) is 0 Å². The maximum atomic E-state index is 12.9. The third-order valence-electron chi connectivity index (χ3n) is 4.72. The van der Waals surface area contributed by atoms with Crippen LogP contribution < -0.4 is 20.1 Å². The number of carbonyl (C=O) groups excluding carboxylic acids is 1. The van der Waals surface area contributed by atoms with E-state index in [0.29, 0.717) is 16.7 Å². The number of hydrogen-bond acceptors (Lipinski definition) is 7. The molecule has 0 radical (unpaired) electrons. The van der Waals surface area contributed by atoms with Crippen molar-refractivity contribution < 1.29 is 14.3 Å². The Hall–Kier alpha value is -2.39. The van der Waals surface area contributed by atoms with Crippen LogP contribution in [0, 0.1) is 0 Å². The van der Waals surface area contributed by atoms with Gasteiger partial charge in [0.25, 0.3) is 5.91 Å². The van der Waals surface area contributed by atoms with Crippen LogP contribution >= 0.6 is 27.7 Å². The summed E-state index contributed by atoms with van der Waals surface area (Å²) in [5.74, 6) is 1.08. The van der Waals surface area contributed by atoms with E-state index in [2.05, 4.69) is 26.6 Å². The van der Waals surface area contributed by atoms with Crippen LogP contribution in [0.4, 0.5) is 5.69 Å². The number of carbonyl (C=O) groups is 1. The van der Waals surface area contributed by atoms with Gasteiger partial charge in [-0.25, -0.2) is 0 Å². The van der Waals surface area contributed by atoms with Crippen molar-refractivity contribution in [3.8, 4) is 11.5 Å². The Bertz CT molecular complexity index is 968. The average Bonchev–Trinajstić information content (AvgIpc) is 2.71. The molecule has 9 heteroatoms. The van der Waals surface area contributed by atoms with Crippen LogP contribution in [0.5, 0.6) is 11.5 Å². The number of amides is 1. The molecule has 2 atom stereocenters. The van der Waals surface area contributed by atoms with Gasteiger partial charge in [0.05, 0.1) is 14.2 Å². The zero-order chi connectivity index (χ0) is 19.8. The van der Waals surface area contributed by atoms with Gasteiger partial charge in [0.2, 0.25) is 0 Å². The Kier molecular flexibility index (Phi) is 5.11. The van der Waals surface area contributed by atoms with Crippen molar-refractivity contribution in [1.29, 1.82) is 0 Å². The van der Waals surface area contributed by atoms with Crippen molar-refractivity contribution in [1.82, 2.24) is 10.3 Å². The van der Waals surface area contributed by atoms with E-state index in [1.54, 1.807) is 19.2 Å². The number of halogens is 1. The number of nitrogens with zero attached hydrogens (tertiary/aromatic N) is 2. The molecule has 2 aliphatic heterocycles. The quantitative estimate of drug-likeness (QED) is 0.724. The topological polar surface area (TPSA) is 75.2 Å². The van der Waals surface area contributed by atoms with Gasteiger partial charge in [-0.1, -0.05) is 45.9 Å². The first kappa shape index (κ1) is 18.9. The van der Waals surface area contributed by atoms with E-state index in [0.717, 1.165) is 21.3 Å². The van der Waals surface area contributed by atoms with Crippen molar-refractivity contribution in [2.75, 3.05) is 25.8 Å². The molecule has 0 saturated heterocycles. The van der Waals surface area contributed by atoms with E-state index >= 15 is 0 Å². The van der Waals surface area contributed by atoms with Crippen molar-refractivity contribution in [2.45, 2.75) is 12.2 Å². The van der Waals surface area contributed by atoms with Gasteiger partial charge in [0.15, 0.2) is 22.7 Å². The van der Waals surface area contributed by atoms with E-state index in [4.69, 9.17) is 14.6 Å². The minimum absolute atomic E-state index is 0.112. The molecule has 2 heterocycles.